The molecule has 2 heterocycles. The number of allylic oxidation sites excluding steroid dienone is 1. The number of aryl methyl sites for hydroxylation is 2. The maximum atomic E-state index is 13.8. The van der Waals surface area contributed by atoms with Crippen LogP contribution >= 0.6 is 27.7 Å². The maximum absolute atomic E-state index is 13.8. The predicted octanol–water partition coefficient (Wildman–Crippen LogP) is 6.10. The number of benzene rings is 2. The first kappa shape index (κ1) is 26.1. The molecule has 1 aliphatic rings. The topological polar surface area (TPSA) is 90.3 Å². The van der Waals surface area contributed by atoms with E-state index < -0.39 is 6.04 Å². The Balaban J connectivity index is 1.83. The van der Waals surface area contributed by atoms with Gasteiger partial charge in [0.25, 0.3) is 5.91 Å². The second-order valence-corrected chi connectivity index (χ2v) is 10.5. The van der Waals surface area contributed by atoms with Crippen molar-refractivity contribution in [2.75, 3.05) is 30.6 Å². The number of carbonyl (C=O) groups is 1. The molecule has 0 fully saturated rings. The number of hydrogen-bond acceptors (Lipinski definition) is 7. The summed E-state index contributed by atoms with van der Waals surface area (Å²) in [6.07, 6.45) is 1.01. The first-order chi connectivity index (χ1) is 17.3. The Morgan fingerprint density at radius 2 is 1.97 bits per heavy atom. The van der Waals surface area contributed by atoms with Crippen molar-refractivity contribution in [3.63, 3.8) is 0 Å². The molecule has 1 aromatic heterocycles. The fourth-order valence-electron chi connectivity index (χ4n) is 4.23. The molecule has 10 heteroatoms. The zero-order valence-electron chi connectivity index (χ0n) is 21.2. The molecule has 1 amide bonds. The van der Waals surface area contributed by atoms with Gasteiger partial charge in [0.1, 0.15) is 6.04 Å². The fourth-order valence-corrected chi connectivity index (χ4v) is 5.53. The largest absolute Gasteiger partial charge is 0.493 e. The van der Waals surface area contributed by atoms with E-state index in [2.05, 4.69) is 38.5 Å². The van der Waals surface area contributed by atoms with E-state index in [0.717, 1.165) is 34.6 Å². The van der Waals surface area contributed by atoms with E-state index >= 15 is 0 Å². The van der Waals surface area contributed by atoms with Gasteiger partial charge in [-0.1, -0.05) is 36.4 Å². The number of anilines is 2. The molecule has 2 aromatic carbocycles. The van der Waals surface area contributed by atoms with Crippen LogP contribution in [0.1, 0.15) is 43.0 Å². The summed E-state index contributed by atoms with van der Waals surface area (Å²) >= 11 is 5.19. The Hall–Kier alpha value is -2.98. The highest BCUT2D eigenvalue weighted by molar-refractivity contribution is 9.10. The molecule has 0 saturated heterocycles. The van der Waals surface area contributed by atoms with Crippen molar-refractivity contribution in [1.29, 1.82) is 0 Å². The Labute approximate surface area is 224 Å². The number of nitrogens with one attached hydrogen (secondary N) is 2. The predicted molar refractivity (Wildman–Crippen MR) is 147 cm³/mol. The van der Waals surface area contributed by atoms with Crippen LogP contribution < -0.4 is 20.1 Å². The number of aromatic nitrogens is 3. The number of rotatable bonds is 8. The Kier molecular flexibility index (Phi) is 7.94. The van der Waals surface area contributed by atoms with Crippen molar-refractivity contribution in [2.24, 2.45) is 0 Å². The Morgan fingerprint density at radius 1 is 1.19 bits per heavy atom. The lowest BCUT2D eigenvalue weighted by Crippen LogP contribution is -2.31. The lowest BCUT2D eigenvalue weighted by Gasteiger charge is -2.29. The zero-order chi connectivity index (χ0) is 26.0. The van der Waals surface area contributed by atoms with Crippen LogP contribution in [0, 0.1) is 13.8 Å². The van der Waals surface area contributed by atoms with Gasteiger partial charge in [-0.3, -0.25) is 4.79 Å². The molecule has 0 radical (unpaired) electrons. The molecule has 1 aliphatic heterocycles. The van der Waals surface area contributed by atoms with Crippen molar-refractivity contribution >= 4 is 45.2 Å². The average Bonchev–Trinajstić information content (AvgIpc) is 3.25. The SMILES string of the molecule is CCCSc1nc2n(n1)C(c1cc(Br)c(OC)c(OC)c1)C(C(=O)Nc1ccc(C)cc1C)=C(C)N2. The van der Waals surface area contributed by atoms with Gasteiger partial charge in [0, 0.05) is 17.1 Å². The van der Waals surface area contributed by atoms with Crippen LogP contribution in [0.3, 0.4) is 0 Å². The van der Waals surface area contributed by atoms with E-state index in [1.54, 1.807) is 30.7 Å². The van der Waals surface area contributed by atoms with Crippen LogP contribution in [0.2, 0.25) is 0 Å². The number of thioether (sulfide) groups is 1. The van der Waals surface area contributed by atoms with Crippen molar-refractivity contribution in [3.8, 4) is 11.5 Å². The van der Waals surface area contributed by atoms with Crippen molar-refractivity contribution in [2.45, 2.75) is 45.3 Å². The van der Waals surface area contributed by atoms with Gasteiger partial charge >= 0.3 is 0 Å². The summed E-state index contributed by atoms with van der Waals surface area (Å²) in [5, 5.41) is 11.8. The van der Waals surface area contributed by atoms with E-state index in [1.807, 2.05) is 51.1 Å². The van der Waals surface area contributed by atoms with Gasteiger partial charge in [-0.15, -0.1) is 5.10 Å². The third kappa shape index (κ3) is 5.10. The first-order valence-electron chi connectivity index (χ1n) is 11.6. The van der Waals surface area contributed by atoms with E-state index in [0.29, 0.717) is 38.3 Å². The third-order valence-electron chi connectivity index (χ3n) is 5.91. The summed E-state index contributed by atoms with van der Waals surface area (Å²) in [5.74, 6) is 2.41. The highest BCUT2D eigenvalue weighted by atomic mass is 79.9. The number of halogens is 1. The van der Waals surface area contributed by atoms with Crippen LogP contribution in [0.4, 0.5) is 11.6 Å². The van der Waals surface area contributed by atoms with Gasteiger partial charge < -0.3 is 20.1 Å². The van der Waals surface area contributed by atoms with Crippen LogP contribution in [-0.2, 0) is 4.79 Å². The van der Waals surface area contributed by atoms with Crippen molar-refractivity contribution < 1.29 is 14.3 Å². The quantitative estimate of drug-likeness (QED) is 0.315. The monoisotopic (exact) mass is 571 g/mol. The zero-order valence-corrected chi connectivity index (χ0v) is 23.6. The molecular formula is C26H30BrN5O3S. The highest BCUT2D eigenvalue weighted by Gasteiger charge is 2.35. The minimum absolute atomic E-state index is 0.216. The molecule has 4 rings (SSSR count). The van der Waals surface area contributed by atoms with E-state index in [1.165, 1.54) is 0 Å². The van der Waals surface area contributed by atoms with Gasteiger partial charge in [0.2, 0.25) is 11.1 Å². The number of methoxy groups -OCH3 is 2. The van der Waals surface area contributed by atoms with Crippen molar-refractivity contribution in [3.05, 3.63) is 62.8 Å². The number of amides is 1. The van der Waals surface area contributed by atoms with Gasteiger partial charge in [-0.25, -0.2) is 4.68 Å². The molecule has 8 nitrogen and oxygen atoms in total. The molecule has 1 unspecified atom stereocenters. The van der Waals surface area contributed by atoms with Gasteiger partial charge in [-0.2, -0.15) is 4.98 Å². The average molecular weight is 573 g/mol. The lowest BCUT2D eigenvalue weighted by molar-refractivity contribution is -0.113. The molecule has 0 spiro atoms. The van der Waals surface area contributed by atoms with E-state index in [4.69, 9.17) is 14.6 Å². The number of nitrogens with zero attached hydrogens (tertiary/aromatic N) is 3. The summed E-state index contributed by atoms with van der Waals surface area (Å²) < 4.78 is 13.6. The second-order valence-electron chi connectivity index (χ2n) is 8.59. The molecular weight excluding hydrogens is 542 g/mol. The van der Waals surface area contributed by atoms with Gasteiger partial charge in [0.15, 0.2) is 11.5 Å². The molecule has 36 heavy (non-hydrogen) atoms. The fraction of sp³-hybridized carbons (Fsp3) is 0.346. The maximum Gasteiger partial charge on any atom is 0.255 e. The molecule has 0 aliphatic carbocycles. The van der Waals surface area contributed by atoms with Gasteiger partial charge in [0.05, 0.1) is 24.3 Å². The lowest BCUT2D eigenvalue weighted by atomic mass is 9.94. The van der Waals surface area contributed by atoms with E-state index in [-0.39, 0.29) is 5.91 Å². The molecule has 0 bridgehead atoms. The number of carbonyl (C=O) groups excluding carboxylic acids is 1. The number of ether oxygens (including phenoxy) is 2. The van der Waals surface area contributed by atoms with Gasteiger partial charge in [-0.05, 0) is 72.4 Å². The molecule has 190 valence electrons. The third-order valence-corrected chi connectivity index (χ3v) is 7.55. The molecule has 1 atom stereocenters. The normalized spacial score (nSPS) is 14.8. The molecule has 3 aromatic rings. The summed E-state index contributed by atoms with van der Waals surface area (Å²) in [6.45, 7) is 8.02. The van der Waals surface area contributed by atoms with E-state index in [9.17, 15) is 4.79 Å². The number of fused-ring (bicyclic) bond motifs is 1. The van der Waals surface area contributed by atoms with Crippen LogP contribution in [-0.4, -0.2) is 40.6 Å². The van der Waals surface area contributed by atoms with Crippen LogP contribution in [0.15, 0.2) is 51.2 Å². The summed E-state index contributed by atoms with van der Waals surface area (Å²) in [4.78, 5) is 18.5. The minimum atomic E-state index is -0.536. The van der Waals surface area contributed by atoms with Crippen LogP contribution in [0.25, 0.3) is 0 Å². The van der Waals surface area contributed by atoms with Crippen LogP contribution in [0.5, 0.6) is 11.5 Å². The Bertz CT molecular complexity index is 1340. The van der Waals surface area contributed by atoms with Crippen molar-refractivity contribution in [1.82, 2.24) is 14.8 Å². The molecule has 2 N–H and O–H groups in total. The second kappa shape index (κ2) is 11.0. The first-order valence-corrected chi connectivity index (χ1v) is 13.4. The number of hydrogen-bond donors (Lipinski definition) is 2. The summed E-state index contributed by atoms with van der Waals surface area (Å²) in [7, 11) is 3.18. The Morgan fingerprint density at radius 3 is 2.64 bits per heavy atom. The summed E-state index contributed by atoms with van der Waals surface area (Å²) in [6, 6.07) is 9.23. The smallest absolute Gasteiger partial charge is 0.255 e. The summed E-state index contributed by atoms with van der Waals surface area (Å²) in [5.41, 5.74) is 4.96. The molecule has 0 saturated carbocycles. The standard InChI is InChI=1S/C26H30BrN5O3S/c1-7-10-36-26-30-25-28-16(4)21(24(33)29-19-9-8-14(2)11-15(19)3)22(32(25)31-26)17-12-18(27)23(35-6)20(13-17)34-5/h8-9,11-13,22H,7,10H2,1-6H3,(H,29,33)(H,28,30,31). The minimum Gasteiger partial charge on any atom is -0.493 e. The highest BCUT2D eigenvalue weighted by Crippen LogP contribution is 2.43.